The van der Waals surface area contributed by atoms with Gasteiger partial charge in [-0.05, 0) is 12.8 Å². The van der Waals surface area contributed by atoms with Gasteiger partial charge in [-0.3, -0.25) is 0 Å². The number of hydrogen-bond donors (Lipinski definition) is 1. The van der Waals surface area contributed by atoms with E-state index in [1.54, 1.807) is 7.11 Å². The van der Waals surface area contributed by atoms with Crippen molar-refractivity contribution in [2.45, 2.75) is 19.8 Å². The zero-order valence-corrected chi connectivity index (χ0v) is 12.0. The molecule has 2 N–H and O–H groups in total. The first-order valence-corrected chi connectivity index (χ1v) is 6.60. The standard InChI is InChI=1S/C12H22N4O4/c1-3-5-19-11-14-10(13)15-12(16-11)20-9-8-18-7-4-6-17-2/h3-9H2,1-2H3,(H2,13,14,15,16). The zero-order chi connectivity index (χ0) is 14.6. The summed E-state index contributed by atoms with van der Waals surface area (Å²) in [6.45, 7) is 4.60. The molecule has 0 bridgehead atoms. The fourth-order valence-corrected chi connectivity index (χ4v) is 1.27. The lowest BCUT2D eigenvalue weighted by molar-refractivity contribution is 0.0780. The van der Waals surface area contributed by atoms with Gasteiger partial charge in [0, 0.05) is 20.3 Å². The van der Waals surface area contributed by atoms with Crippen molar-refractivity contribution in [2.75, 3.05) is 45.9 Å². The molecule has 8 nitrogen and oxygen atoms in total. The van der Waals surface area contributed by atoms with Crippen molar-refractivity contribution >= 4 is 5.95 Å². The third-order valence-corrected chi connectivity index (χ3v) is 2.14. The van der Waals surface area contributed by atoms with Crippen molar-refractivity contribution < 1.29 is 18.9 Å². The van der Waals surface area contributed by atoms with E-state index in [0.717, 1.165) is 12.8 Å². The average Bonchev–Trinajstić information content (AvgIpc) is 2.43. The lowest BCUT2D eigenvalue weighted by atomic mass is 10.5. The topological polar surface area (TPSA) is 102 Å². The predicted octanol–water partition coefficient (Wildman–Crippen LogP) is 0.674. The van der Waals surface area contributed by atoms with Crippen LogP contribution in [-0.4, -0.2) is 55.1 Å². The highest BCUT2D eigenvalue weighted by molar-refractivity contribution is 5.20. The number of hydrogen-bond acceptors (Lipinski definition) is 8. The number of nitrogens with two attached hydrogens (primary N) is 1. The van der Waals surface area contributed by atoms with Gasteiger partial charge in [-0.15, -0.1) is 4.98 Å². The van der Waals surface area contributed by atoms with Crippen molar-refractivity contribution in [1.82, 2.24) is 15.0 Å². The molecule has 0 saturated carbocycles. The third kappa shape index (κ3) is 7.05. The number of nitrogen functional groups attached to an aromatic ring is 1. The molecule has 0 spiro atoms. The van der Waals surface area contributed by atoms with Crippen LogP contribution in [0.15, 0.2) is 0 Å². The van der Waals surface area contributed by atoms with Crippen molar-refractivity contribution in [3.8, 4) is 12.0 Å². The van der Waals surface area contributed by atoms with Crippen molar-refractivity contribution in [1.29, 1.82) is 0 Å². The second-order valence-corrected chi connectivity index (χ2v) is 3.91. The molecule has 0 saturated heterocycles. The molecule has 1 aromatic heterocycles. The van der Waals surface area contributed by atoms with Gasteiger partial charge < -0.3 is 24.7 Å². The third-order valence-electron chi connectivity index (χ3n) is 2.14. The summed E-state index contributed by atoms with van der Waals surface area (Å²) < 4.78 is 20.9. The molecule has 0 radical (unpaired) electrons. The van der Waals surface area contributed by atoms with Crippen LogP contribution in [0.5, 0.6) is 12.0 Å². The molecule has 0 atom stereocenters. The molecule has 1 rings (SSSR count). The van der Waals surface area contributed by atoms with E-state index in [2.05, 4.69) is 15.0 Å². The number of aromatic nitrogens is 3. The summed E-state index contributed by atoms with van der Waals surface area (Å²) in [5, 5.41) is 0. The van der Waals surface area contributed by atoms with Gasteiger partial charge in [0.25, 0.3) is 0 Å². The summed E-state index contributed by atoms with van der Waals surface area (Å²) in [5.74, 6) is 0.0714. The molecule has 0 unspecified atom stereocenters. The van der Waals surface area contributed by atoms with Crippen molar-refractivity contribution in [3.63, 3.8) is 0 Å². The highest BCUT2D eigenvalue weighted by atomic mass is 16.5. The van der Waals surface area contributed by atoms with Crippen LogP contribution in [0.4, 0.5) is 5.95 Å². The van der Waals surface area contributed by atoms with Crippen LogP contribution < -0.4 is 15.2 Å². The summed E-state index contributed by atoms with van der Waals surface area (Å²) in [4.78, 5) is 11.7. The minimum absolute atomic E-state index is 0.0714. The fraction of sp³-hybridized carbons (Fsp3) is 0.750. The van der Waals surface area contributed by atoms with Crippen LogP contribution in [0.25, 0.3) is 0 Å². The maximum absolute atomic E-state index is 5.55. The zero-order valence-electron chi connectivity index (χ0n) is 12.0. The quantitative estimate of drug-likeness (QED) is 0.592. The molecule has 0 aliphatic rings. The van der Waals surface area contributed by atoms with E-state index >= 15 is 0 Å². The van der Waals surface area contributed by atoms with E-state index < -0.39 is 0 Å². The van der Waals surface area contributed by atoms with Gasteiger partial charge in [0.05, 0.1) is 13.2 Å². The van der Waals surface area contributed by atoms with Crippen LogP contribution in [0.2, 0.25) is 0 Å². The highest BCUT2D eigenvalue weighted by Gasteiger charge is 2.06. The first-order chi connectivity index (χ1) is 9.76. The van der Waals surface area contributed by atoms with Crippen molar-refractivity contribution in [3.05, 3.63) is 0 Å². The SMILES string of the molecule is CCCOc1nc(N)nc(OCCOCCCOC)n1. The molecule has 1 heterocycles. The van der Waals surface area contributed by atoms with Crippen LogP contribution in [0.1, 0.15) is 19.8 Å². The second-order valence-electron chi connectivity index (χ2n) is 3.91. The Labute approximate surface area is 118 Å². The van der Waals surface area contributed by atoms with Gasteiger partial charge in [0.1, 0.15) is 6.61 Å². The molecule has 1 aromatic rings. The smallest absolute Gasteiger partial charge is 0.324 e. The molecule has 0 amide bonds. The lowest BCUT2D eigenvalue weighted by Gasteiger charge is -2.07. The molecular formula is C12H22N4O4. The first-order valence-electron chi connectivity index (χ1n) is 6.60. The molecule has 0 aliphatic carbocycles. The van der Waals surface area contributed by atoms with Gasteiger partial charge in [-0.25, -0.2) is 0 Å². The minimum atomic E-state index is 0.0714. The molecular weight excluding hydrogens is 264 g/mol. The number of nitrogens with zero attached hydrogens (tertiary/aromatic N) is 3. The van der Waals surface area contributed by atoms with Gasteiger partial charge >= 0.3 is 12.0 Å². The predicted molar refractivity (Wildman–Crippen MR) is 72.8 cm³/mol. The van der Waals surface area contributed by atoms with Gasteiger partial charge in [0.2, 0.25) is 5.95 Å². The first kappa shape index (κ1) is 16.4. The maximum atomic E-state index is 5.55. The Balaban J connectivity index is 2.26. The summed E-state index contributed by atoms with van der Waals surface area (Å²) in [6, 6.07) is 0.319. The molecule has 114 valence electrons. The Morgan fingerprint density at radius 3 is 2.25 bits per heavy atom. The van der Waals surface area contributed by atoms with Crippen LogP contribution in [-0.2, 0) is 9.47 Å². The Morgan fingerprint density at radius 2 is 1.60 bits per heavy atom. The maximum Gasteiger partial charge on any atom is 0.324 e. The number of rotatable bonds is 11. The summed E-state index contributed by atoms with van der Waals surface area (Å²) >= 11 is 0. The van der Waals surface area contributed by atoms with Crippen LogP contribution in [0.3, 0.4) is 0 Å². The number of methoxy groups -OCH3 is 1. The minimum Gasteiger partial charge on any atom is -0.463 e. The highest BCUT2D eigenvalue weighted by Crippen LogP contribution is 2.10. The average molecular weight is 286 g/mol. The molecule has 8 heteroatoms. The Kier molecular flexibility index (Phi) is 8.32. The van der Waals surface area contributed by atoms with Gasteiger partial charge in [-0.1, -0.05) is 6.92 Å². The fourth-order valence-electron chi connectivity index (χ4n) is 1.27. The van der Waals surface area contributed by atoms with Gasteiger partial charge in [-0.2, -0.15) is 9.97 Å². The summed E-state index contributed by atoms with van der Waals surface area (Å²) in [7, 11) is 1.66. The normalized spacial score (nSPS) is 10.5. The molecule has 0 aromatic carbocycles. The number of ether oxygens (including phenoxy) is 4. The van der Waals surface area contributed by atoms with Gasteiger partial charge in [0.15, 0.2) is 0 Å². The monoisotopic (exact) mass is 286 g/mol. The number of anilines is 1. The second kappa shape index (κ2) is 10.2. The van der Waals surface area contributed by atoms with Crippen LogP contribution >= 0.6 is 0 Å². The Hall–Kier alpha value is -1.67. The van der Waals surface area contributed by atoms with E-state index in [1.165, 1.54) is 0 Å². The van der Waals surface area contributed by atoms with Crippen LogP contribution in [0, 0.1) is 0 Å². The lowest BCUT2D eigenvalue weighted by Crippen LogP contribution is -2.12. The Morgan fingerprint density at radius 1 is 0.900 bits per heavy atom. The molecule has 0 aliphatic heterocycles. The van der Waals surface area contributed by atoms with E-state index in [1.807, 2.05) is 6.92 Å². The summed E-state index contributed by atoms with van der Waals surface area (Å²) in [6.07, 6.45) is 1.71. The van der Waals surface area contributed by atoms with E-state index in [4.69, 9.17) is 24.7 Å². The molecule has 20 heavy (non-hydrogen) atoms. The molecule has 0 fully saturated rings. The van der Waals surface area contributed by atoms with Crippen molar-refractivity contribution in [2.24, 2.45) is 0 Å². The largest absolute Gasteiger partial charge is 0.463 e. The van der Waals surface area contributed by atoms with E-state index in [-0.39, 0.29) is 18.0 Å². The Bertz CT molecular complexity index is 378. The summed E-state index contributed by atoms with van der Waals surface area (Å²) in [5.41, 5.74) is 5.55. The van der Waals surface area contributed by atoms with E-state index in [0.29, 0.717) is 33.0 Å². The van der Waals surface area contributed by atoms with E-state index in [9.17, 15) is 0 Å².